The van der Waals surface area contributed by atoms with Gasteiger partial charge in [0.05, 0.1) is 0 Å². The fourth-order valence-electron chi connectivity index (χ4n) is 0.568. The fraction of sp³-hybridized carbons (Fsp3) is 0.875. The van der Waals surface area contributed by atoms with E-state index in [4.69, 9.17) is 10.5 Å². The van der Waals surface area contributed by atoms with Crippen LogP contribution in [-0.2, 0) is 4.74 Å². The maximum Gasteiger partial charge on any atom is 0.407 e. The highest BCUT2D eigenvalue weighted by Gasteiger charge is 2.16. The van der Waals surface area contributed by atoms with Crippen molar-refractivity contribution >= 4 is 18.5 Å². The van der Waals surface area contributed by atoms with Crippen molar-refractivity contribution in [3.05, 3.63) is 0 Å². The summed E-state index contributed by atoms with van der Waals surface area (Å²) in [5.74, 6) is 0. The van der Waals surface area contributed by atoms with Crippen LogP contribution in [0.15, 0.2) is 0 Å². The van der Waals surface area contributed by atoms with Crippen molar-refractivity contribution in [2.24, 2.45) is 5.73 Å². The Morgan fingerprint density at radius 1 is 1.54 bits per heavy atom. The van der Waals surface area contributed by atoms with Gasteiger partial charge in [-0.15, -0.1) is 12.4 Å². The molecule has 0 fully saturated rings. The number of nitrogens with one attached hydrogen (secondary N) is 1. The Bertz CT molecular complexity index is 157. The number of rotatable bonds is 2. The summed E-state index contributed by atoms with van der Waals surface area (Å²) >= 11 is 0. The zero-order valence-corrected chi connectivity index (χ0v) is 9.40. The molecule has 0 aromatic carbocycles. The lowest BCUT2D eigenvalue weighted by Crippen LogP contribution is -2.41. The SMILES string of the molecule is CC(CN)NC(=O)OC(C)(C)C.Cl. The zero-order chi connectivity index (χ0) is 9.78. The highest BCUT2D eigenvalue weighted by molar-refractivity contribution is 5.85. The summed E-state index contributed by atoms with van der Waals surface area (Å²) in [5, 5.41) is 2.60. The van der Waals surface area contributed by atoms with Gasteiger partial charge in [0.25, 0.3) is 0 Å². The van der Waals surface area contributed by atoms with Gasteiger partial charge >= 0.3 is 6.09 Å². The third-order valence-electron chi connectivity index (χ3n) is 1.12. The average molecular weight is 211 g/mol. The number of amides is 1. The highest BCUT2D eigenvalue weighted by atomic mass is 35.5. The molecule has 0 saturated heterocycles. The molecule has 1 unspecified atom stereocenters. The van der Waals surface area contributed by atoms with Crippen molar-refractivity contribution in [3.8, 4) is 0 Å². The lowest BCUT2D eigenvalue weighted by Gasteiger charge is -2.21. The van der Waals surface area contributed by atoms with Crippen LogP contribution in [0.4, 0.5) is 4.79 Å². The first kappa shape index (κ1) is 15.0. The fourth-order valence-corrected chi connectivity index (χ4v) is 0.568. The normalized spacial score (nSPS) is 12.7. The van der Waals surface area contributed by atoms with E-state index in [0.29, 0.717) is 6.54 Å². The van der Waals surface area contributed by atoms with E-state index in [2.05, 4.69) is 5.32 Å². The van der Waals surface area contributed by atoms with Crippen LogP contribution in [0.1, 0.15) is 27.7 Å². The third kappa shape index (κ3) is 9.43. The summed E-state index contributed by atoms with van der Waals surface area (Å²) in [4.78, 5) is 11.0. The molecule has 0 bridgehead atoms. The summed E-state index contributed by atoms with van der Waals surface area (Å²) < 4.78 is 5.00. The van der Waals surface area contributed by atoms with Crippen molar-refractivity contribution in [2.75, 3.05) is 6.54 Å². The van der Waals surface area contributed by atoms with Gasteiger partial charge in [-0.25, -0.2) is 4.79 Å². The van der Waals surface area contributed by atoms with Crippen LogP contribution >= 0.6 is 12.4 Å². The highest BCUT2D eigenvalue weighted by Crippen LogP contribution is 2.06. The standard InChI is InChI=1S/C8H18N2O2.ClH/c1-6(5-9)10-7(11)12-8(2,3)4;/h6H,5,9H2,1-4H3,(H,10,11);1H. The van der Waals surface area contributed by atoms with Gasteiger partial charge in [-0.3, -0.25) is 0 Å². The van der Waals surface area contributed by atoms with Crippen molar-refractivity contribution in [2.45, 2.75) is 39.3 Å². The van der Waals surface area contributed by atoms with Crippen molar-refractivity contribution in [1.82, 2.24) is 5.32 Å². The first-order valence-corrected chi connectivity index (χ1v) is 4.04. The topological polar surface area (TPSA) is 64.3 Å². The molecule has 0 spiro atoms. The maximum absolute atomic E-state index is 11.0. The average Bonchev–Trinajstić information content (AvgIpc) is 1.82. The molecule has 0 aromatic heterocycles. The number of nitrogens with two attached hydrogens (primary N) is 1. The summed E-state index contributed by atoms with van der Waals surface area (Å²) in [6.45, 7) is 7.70. The van der Waals surface area contributed by atoms with Crippen LogP contribution in [-0.4, -0.2) is 24.3 Å². The molecule has 5 heteroatoms. The zero-order valence-electron chi connectivity index (χ0n) is 8.59. The molecular weight excluding hydrogens is 192 g/mol. The number of halogens is 1. The number of alkyl carbamates (subject to hydrolysis) is 1. The molecule has 0 radical (unpaired) electrons. The molecule has 0 aliphatic carbocycles. The smallest absolute Gasteiger partial charge is 0.407 e. The molecule has 0 aliphatic rings. The predicted molar refractivity (Wildman–Crippen MR) is 55.1 cm³/mol. The molecule has 0 rings (SSSR count). The molecule has 1 atom stereocenters. The van der Waals surface area contributed by atoms with E-state index in [0.717, 1.165) is 0 Å². The molecule has 80 valence electrons. The Morgan fingerprint density at radius 2 is 2.00 bits per heavy atom. The Kier molecular flexibility index (Phi) is 6.98. The summed E-state index contributed by atoms with van der Waals surface area (Å²) in [5.41, 5.74) is 4.87. The van der Waals surface area contributed by atoms with E-state index in [1.807, 2.05) is 27.7 Å². The van der Waals surface area contributed by atoms with Crippen molar-refractivity contribution in [1.29, 1.82) is 0 Å². The quantitative estimate of drug-likeness (QED) is 0.722. The molecule has 13 heavy (non-hydrogen) atoms. The van der Waals surface area contributed by atoms with Gasteiger partial charge in [0.1, 0.15) is 5.60 Å². The summed E-state index contributed by atoms with van der Waals surface area (Å²) in [7, 11) is 0. The van der Waals surface area contributed by atoms with E-state index >= 15 is 0 Å². The molecule has 1 amide bonds. The van der Waals surface area contributed by atoms with E-state index in [1.165, 1.54) is 0 Å². The predicted octanol–water partition coefficient (Wildman–Crippen LogP) is 1.28. The van der Waals surface area contributed by atoms with Gasteiger partial charge in [-0.1, -0.05) is 0 Å². The van der Waals surface area contributed by atoms with E-state index in [1.54, 1.807) is 0 Å². The minimum Gasteiger partial charge on any atom is -0.444 e. The van der Waals surface area contributed by atoms with Crippen LogP contribution in [0.25, 0.3) is 0 Å². The number of ether oxygens (including phenoxy) is 1. The van der Waals surface area contributed by atoms with Gasteiger partial charge in [-0.2, -0.15) is 0 Å². The van der Waals surface area contributed by atoms with E-state index < -0.39 is 11.7 Å². The van der Waals surface area contributed by atoms with Gasteiger partial charge in [0.2, 0.25) is 0 Å². The molecule has 0 heterocycles. The van der Waals surface area contributed by atoms with Gasteiger partial charge in [0, 0.05) is 12.6 Å². The van der Waals surface area contributed by atoms with Crippen molar-refractivity contribution in [3.63, 3.8) is 0 Å². The number of carbonyl (C=O) groups is 1. The monoisotopic (exact) mass is 210 g/mol. The summed E-state index contributed by atoms with van der Waals surface area (Å²) in [6.07, 6.45) is -0.416. The van der Waals surface area contributed by atoms with Crippen molar-refractivity contribution < 1.29 is 9.53 Å². The molecule has 0 saturated carbocycles. The number of carbonyl (C=O) groups excluding carboxylic acids is 1. The van der Waals surface area contributed by atoms with Crippen LogP contribution in [0.3, 0.4) is 0 Å². The van der Waals surface area contributed by atoms with Crippen LogP contribution in [0.5, 0.6) is 0 Å². The molecule has 0 aromatic rings. The molecule has 0 aliphatic heterocycles. The van der Waals surface area contributed by atoms with Gasteiger partial charge in [0.15, 0.2) is 0 Å². The third-order valence-corrected chi connectivity index (χ3v) is 1.12. The lowest BCUT2D eigenvalue weighted by molar-refractivity contribution is 0.0510. The largest absolute Gasteiger partial charge is 0.444 e. The minimum absolute atomic E-state index is 0. The summed E-state index contributed by atoms with van der Waals surface area (Å²) in [6, 6.07) is -0.0418. The first-order chi connectivity index (χ1) is 5.35. The Hall–Kier alpha value is -0.480. The van der Waals surface area contributed by atoms with Crippen LogP contribution in [0.2, 0.25) is 0 Å². The maximum atomic E-state index is 11.0. The number of hydrogen-bond donors (Lipinski definition) is 2. The second kappa shape index (κ2) is 6.05. The first-order valence-electron chi connectivity index (χ1n) is 4.04. The minimum atomic E-state index is -0.446. The Labute approximate surface area is 85.6 Å². The molecular formula is C8H19ClN2O2. The lowest BCUT2D eigenvalue weighted by atomic mass is 10.2. The van der Waals surface area contributed by atoms with Gasteiger partial charge in [-0.05, 0) is 27.7 Å². The van der Waals surface area contributed by atoms with E-state index in [9.17, 15) is 4.79 Å². The van der Waals surface area contributed by atoms with Crippen LogP contribution < -0.4 is 11.1 Å². The molecule has 4 nitrogen and oxygen atoms in total. The number of hydrogen-bond acceptors (Lipinski definition) is 3. The Morgan fingerprint density at radius 3 is 2.31 bits per heavy atom. The van der Waals surface area contributed by atoms with Gasteiger partial charge < -0.3 is 15.8 Å². The Balaban J connectivity index is 0. The molecule has 3 N–H and O–H groups in total. The van der Waals surface area contributed by atoms with Crippen LogP contribution in [0, 0.1) is 0 Å². The second-order valence-electron chi connectivity index (χ2n) is 3.78. The van der Waals surface area contributed by atoms with E-state index in [-0.39, 0.29) is 18.4 Å². The second-order valence-corrected chi connectivity index (χ2v) is 3.78.